The Morgan fingerprint density at radius 1 is 1.42 bits per heavy atom. The van der Waals surface area contributed by atoms with Crippen molar-refractivity contribution in [1.82, 2.24) is 0 Å². The Balaban J connectivity index is 2.00. The molecule has 0 saturated heterocycles. The molecule has 5 N–H and O–H groups in total. The van der Waals surface area contributed by atoms with E-state index in [0.29, 0.717) is 11.6 Å². The van der Waals surface area contributed by atoms with Gasteiger partial charge in [0.1, 0.15) is 5.82 Å². The molecule has 0 heterocycles. The topological polar surface area (TPSA) is 98.2 Å². The fourth-order valence-electron chi connectivity index (χ4n) is 1.91. The van der Waals surface area contributed by atoms with Crippen molar-refractivity contribution in [2.45, 2.75) is 25.3 Å². The van der Waals surface area contributed by atoms with Gasteiger partial charge in [-0.2, -0.15) is 0 Å². The molecule has 2 amide bonds. The van der Waals surface area contributed by atoms with Crippen molar-refractivity contribution in [3.8, 4) is 0 Å². The van der Waals surface area contributed by atoms with E-state index in [2.05, 4.69) is 5.32 Å². The van der Waals surface area contributed by atoms with Gasteiger partial charge in [-0.1, -0.05) is 0 Å². The summed E-state index contributed by atoms with van der Waals surface area (Å²) in [7, 11) is 0. The highest BCUT2D eigenvalue weighted by Crippen LogP contribution is 2.32. The van der Waals surface area contributed by atoms with Gasteiger partial charge in [-0.15, -0.1) is 0 Å². The van der Waals surface area contributed by atoms with E-state index in [1.807, 2.05) is 0 Å². The van der Waals surface area contributed by atoms with E-state index in [1.165, 1.54) is 12.1 Å². The first-order valence-electron chi connectivity index (χ1n) is 6.12. The van der Waals surface area contributed by atoms with Crippen LogP contribution < -0.4 is 16.8 Å². The van der Waals surface area contributed by atoms with Gasteiger partial charge in [-0.25, -0.2) is 4.39 Å². The van der Waals surface area contributed by atoms with Crippen LogP contribution in [0.5, 0.6) is 0 Å². The molecule has 1 aliphatic carbocycles. The number of nitrogens with two attached hydrogens (primary N) is 2. The molecule has 1 aliphatic rings. The molecule has 1 unspecified atom stereocenters. The number of halogens is 1. The van der Waals surface area contributed by atoms with Crippen LogP contribution in [0.4, 0.5) is 10.1 Å². The fourth-order valence-corrected chi connectivity index (χ4v) is 1.91. The van der Waals surface area contributed by atoms with Crippen molar-refractivity contribution in [2.75, 3.05) is 5.32 Å². The molecule has 1 atom stereocenters. The van der Waals surface area contributed by atoms with Crippen LogP contribution in [0.1, 0.15) is 29.6 Å². The molecular weight excluding hydrogens is 249 g/mol. The van der Waals surface area contributed by atoms with Crippen molar-refractivity contribution in [3.63, 3.8) is 0 Å². The molecule has 0 radical (unpaired) electrons. The average molecular weight is 265 g/mol. The molecule has 1 aromatic rings. The van der Waals surface area contributed by atoms with E-state index < -0.39 is 11.7 Å². The zero-order valence-electron chi connectivity index (χ0n) is 10.4. The second-order valence-electron chi connectivity index (χ2n) is 4.81. The Morgan fingerprint density at radius 3 is 2.68 bits per heavy atom. The molecule has 0 bridgehead atoms. The summed E-state index contributed by atoms with van der Waals surface area (Å²) in [6.07, 6.45) is 2.35. The number of primary amides is 1. The summed E-state index contributed by atoms with van der Waals surface area (Å²) in [5.41, 5.74) is 11.0. The van der Waals surface area contributed by atoms with Crippen molar-refractivity contribution in [1.29, 1.82) is 0 Å². The summed E-state index contributed by atoms with van der Waals surface area (Å²) in [6, 6.07) is 3.55. The monoisotopic (exact) mass is 265 g/mol. The number of rotatable bonds is 5. The van der Waals surface area contributed by atoms with E-state index in [1.54, 1.807) is 0 Å². The van der Waals surface area contributed by atoms with Crippen LogP contribution in [0.25, 0.3) is 0 Å². The second kappa shape index (κ2) is 5.36. The van der Waals surface area contributed by atoms with E-state index >= 15 is 0 Å². The summed E-state index contributed by atoms with van der Waals surface area (Å²) in [6.45, 7) is 0. The normalized spacial score (nSPS) is 15.9. The van der Waals surface area contributed by atoms with Crippen molar-refractivity contribution in [3.05, 3.63) is 29.6 Å². The first-order chi connectivity index (χ1) is 8.97. The molecule has 1 aromatic carbocycles. The standard InChI is InChI=1S/C13H16FN3O2/c14-10-4-3-8(5-9(10)13(16)19)17-12(18)6-11(15)7-1-2-7/h3-5,7,11H,1-2,6,15H2,(H2,16,19)(H,17,18). The molecule has 0 aromatic heterocycles. The van der Waals surface area contributed by atoms with E-state index in [0.717, 1.165) is 18.9 Å². The number of nitrogens with one attached hydrogen (secondary N) is 1. The first kappa shape index (κ1) is 13.5. The lowest BCUT2D eigenvalue weighted by atomic mass is 10.1. The maximum atomic E-state index is 13.2. The zero-order chi connectivity index (χ0) is 14.0. The van der Waals surface area contributed by atoms with Gasteiger partial charge in [-0.3, -0.25) is 9.59 Å². The van der Waals surface area contributed by atoms with Gasteiger partial charge < -0.3 is 16.8 Å². The summed E-state index contributed by atoms with van der Waals surface area (Å²) in [4.78, 5) is 22.7. The quantitative estimate of drug-likeness (QED) is 0.740. The summed E-state index contributed by atoms with van der Waals surface area (Å²) < 4.78 is 13.2. The van der Waals surface area contributed by atoms with Crippen molar-refractivity contribution >= 4 is 17.5 Å². The lowest BCUT2D eigenvalue weighted by molar-refractivity contribution is -0.116. The molecular formula is C13H16FN3O2. The lowest BCUT2D eigenvalue weighted by Gasteiger charge is -2.11. The van der Waals surface area contributed by atoms with E-state index in [9.17, 15) is 14.0 Å². The predicted octanol–water partition coefficient (Wildman–Crippen LogP) is 0.990. The summed E-state index contributed by atoms with van der Waals surface area (Å²) >= 11 is 0. The SMILES string of the molecule is NC(=O)c1cc(NC(=O)CC(N)C2CC2)ccc1F. The van der Waals surface area contributed by atoms with E-state index in [-0.39, 0.29) is 23.9 Å². The van der Waals surface area contributed by atoms with Crippen LogP contribution in [-0.2, 0) is 4.79 Å². The third-order valence-electron chi connectivity index (χ3n) is 3.16. The van der Waals surface area contributed by atoms with Crippen LogP contribution in [0, 0.1) is 11.7 Å². The average Bonchev–Trinajstić information content (AvgIpc) is 3.15. The van der Waals surface area contributed by atoms with Gasteiger partial charge in [-0.05, 0) is 37.0 Å². The minimum Gasteiger partial charge on any atom is -0.366 e. The molecule has 5 nitrogen and oxygen atoms in total. The Labute approximate surface area is 110 Å². The third-order valence-corrected chi connectivity index (χ3v) is 3.16. The highest BCUT2D eigenvalue weighted by Gasteiger charge is 2.29. The Kier molecular flexibility index (Phi) is 3.80. The molecule has 6 heteroatoms. The third kappa shape index (κ3) is 3.51. The van der Waals surface area contributed by atoms with Gasteiger partial charge in [0.15, 0.2) is 0 Å². The summed E-state index contributed by atoms with van der Waals surface area (Å²) in [5, 5.41) is 2.58. The number of carbonyl (C=O) groups excluding carboxylic acids is 2. The fraction of sp³-hybridized carbons (Fsp3) is 0.385. The highest BCUT2D eigenvalue weighted by molar-refractivity contribution is 5.96. The molecule has 0 spiro atoms. The second-order valence-corrected chi connectivity index (χ2v) is 4.81. The van der Waals surface area contributed by atoms with Gasteiger partial charge in [0, 0.05) is 18.2 Å². The van der Waals surface area contributed by atoms with Crippen LogP contribution in [0.3, 0.4) is 0 Å². The Morgan fingerprint density at radius 2 is 2.11 bits per heavy atom. The van der Waals surface area contributed by atoms with Gasteiger partial charge in [0.2, 0.25) is 5.91 Å². The molecule has 2 rings (SSSR count). The first-order valence-corrected chi connectivity index (χ1v) is 6.12. The number of benzene rings is 1. The Hall–Kier alpha value is -1.95. The minimum absolute atomic E-state index is 0.143. The van der Waals surface area contributed by atoms with Crippen LogP contribution >= 0.6 is 0 Å². The maximum Gasteiger partial charge on any atom is 0.251 e. The highest BCUT2D eigenvalue weighted by atomic mass is 19.1. The van der Waals surface area contributed by atoms with Crippen LogP contribution in [-0.4, -0.2) is 17.9 Å². The number of hydrogen-bond donors (Lipinski definition) is 3. The van der Waals surface area contributed by atoms with Crippen LogP contribution in [0.2, 0.25) is 0 Å². The Bertz CT molecular complexity index is 515. The molecule has 102 valence electrons. The van der Waals surface area contributed by atoms with Gasteiger partial charge in [0.05, 0.1) is 5.56 Å². The molecule has 1 saturated carbocycles. The lowest BCUT2D eigenvalue weighted by Crippen LogP contribution is -2.29. The molecule has 1 fully saturated rings. The molecule has 19 heavy (non-hydrogen) atoms. The zero-order valence-corrected chi connectivity index (χ0v) is 10.4. The van der Waals surface area contributed by atoms with Crippen molar-refractivity contribution < 1.29 is 14.0 Å². The van der Waals surface area contributed by atoms with Gasteiger partial charge >= 0.3 is 0 Å². The largest absolute Gasteiger partial charge is 0.366 e. The molecule has 0 aliphatic heterocycles. The minimum atomic E-state index is -0.872. The number of hydrogen-bond acceptors (Lipinski definition) is 3. The van der Waals surface area contributed by atoms with Gasteiger partial charge in [0.25, 0.3) is 5.91 Å². The number of amides is 2. The van der Waals surface area contributed by atoms with Crippen molar-refractivity contribution in [2.24, 2.45) is 17.4 Å². The maximum absolute atomic E-state index is 13.2. The smallest absolute Gasteiger partial charge is 0.251 e. The summed E-state index contributed by atoms with van der Waals surface area (Å²) in [5.74, 6) is -1.40. The predicted molar refractivity (Wildman–Crippen MR) is 68.9 cm³/mol. The van der Waals surface area contributed by atoms with Crippen LogP contribution in [0.15, 0.2) is 18.2 Å². The number of anilines is 1. The van der Waals surface area contributed by atoms with E-state index in [4.69, 9.17) is 11.5 Å². The number of carbonyl (C=O) groups is 2.